The first kappa shape index (κ1) is 18.2. The molecule has 2 atom stereocenters. The van der Waals surface area contributed by atoms with Crippen LogP contribution in [0.1, 0.15) is 30.4 Å². The quantitative estimate of drug-likeness (QED) is 0.800. The van der Waals surface area contributed by atoms with Crippen molar-refractivity contribution in [3.8, 4) is 5.75 Å². The maximum Gasteiger partial charge on any atom is 0.332 e. The minimum Gasteiger partial charge on any atom is -0.508 e. The molecular weight excluding hydrogens is 326 g/mol. The van der Waals surface area contributed by atoms with Gasteiger partial charge in [-0.1, -0.05) is 49.4 Å². The van der Waals surface area contributed by atoms with E-state index in [0.29, 0.717) is 29.7 Å². The van der Waals surface area contributed by atoms with Crippen molar-refractivity contribution in [2.75, 3.05) is 19.6 Å². The van der Waals surface area contributed by atoms with E-state index in [-0.39, 0.29) is 0 Å². The third-order valence-electron chi connectivity index (χ3n) is 5.10. The lowest BCUT2D eigenvalue weighted by atomic mass is 9.81. The number of benzene rings is 2. The van der Waals surface area contributed by atoms with Crippen molar-refractivity contribution in [2.45, 2.75) is 19.3 Å². The Morgan fingerprint density at radius 2 is 1.96 bits per heavy atom. The normalized spacial score (nSPS) is 21.5. The molecule has 2 aromatic carbocycles. The minimum absolute atomic E-state index is 0.302. The third-order valence-corrected chi connectivity index (χ3v) is 5.10. The van der Waals surface area contributed by atoms with Crippen molar-refractivity contribution in [2.24, 2.45) is 5.92 Å². The number of hydrogen-bond acceptors (Lipinski definition) is 3. The largest absolute Gasteiger partial charge is 0.508 e. The van der Waals surface area contributed by atoms with Gasteiger partial charge in [-0.2, -0.15) is 0 Å². The van der Waals surface area contributed by atoms with Gasteiger partial charge in [-0.15, -0.1) is 0 Å². The van der Waals surface area contributed by atoms with Crippen molar-refractivity contribution < 1.29 is 15.0 Å². The molecule has 26 heavy (non-hydrogen) atoms. The van der Waals surface area contributed by atoms with Crippen LogP contribution in [-0.4, -0.2) is 40.7 Å². The van der Waals surface area contributed by atoms with E-state index in [2.05, 4.69) is 17.9 Å². The number of piperidine rings is 1. The Hall–Kier alpha value is -2.59. The van der Waals surface area contributed by atoms with Gasteiger partial charge in [-0.05, 0) is 54.1 Å². The van der Waals surface area contributed by atoms with Gasteiger partial charge in [0.15, 0.2) is 0 Å². The van der Waals surface area contributed by atoms with E-state index in [1.54, 1.807) is 12.1 Å². The van der Waals surface area contributed by atoms with Crippen LogP contribution in [0.2, 0.25) is 0 Å². The number of likely N-dealkylation sites (tertiary alicyclic amines) is 1. The molecule has 1 aliphatic heterocycles. The molecule has 3 rings (SSSR count). The van der Waals surface area contributed by atoms with Crippen molar-refractivity contribution >= 4 is 12.0 Å². The summed E-state index contributed by atoms with van der Waals surface area (Å²) in [6, 6.07) is 17.1. The van der Waals surface area contributed by atoms with Gasteiger partial charge in [-0.3, -0.25) is 4.90 Å². The molecule has 0 spiro atoms. The zero-order chi connectivity index (χ0) is 18.5. The van der Waals surface area contributed by atoms with E-state index in [1.165, 1.54) is 0 Å². The van der Waals surface area contributed by atoms with E-state index < -0.39 is 5.97 Å². The average Bonchev–Trinajstić information content (AvgIpc) is 2.62. The fraction of sp³-hybridized carbons (Fsp3) is 0.318. The molecule has 0 aromatic heterocycles. The monoisotopic (exact) mass is 351 g/mol. The van der Waals surface area contributed by atoms with Crippen molar-refractivity contribution in [3.63, 3.8) is 0 Å². The molecule has 0 saturated carbocycles. The maximum atomic E-state index is 11.7. The number of aliphatic carboxylic acids is 1. The topological polar surface area (TPSA) is 60.8 Å². The molecule has 4 nitrogen and oxygen atoms in total. The molecule has 1 fully saturated rings. The van der Waals surface area contributed by atoms with Gasteiger partial charge in [0.1, 0.15) is 5.75 Å². The molecule has 2 unspecified atom stereocenters. The Bertz CT molecular complexity index is 785. The van der Waals surface area contributed by atoms with Crippen molar-refractivity contribution in [3.05, 3.63) is 71.3 Å². The fourth-order valence-electron chi connectivity index (χ4n) is 3.79. The molecule has 2 aromatic rings. The van der Waals surface area contributed by atoms with E-state index >= 15 is 0 Å². The summed E-state index contributed by atoms with van der Waals surface area (Å²) in [6.45, 7) is 4.34. The number of hydrogen-bond donors (Lipinski definition) is 2. The summed E-state index contributed by atoms with van der Waals surface area (Å²) >= 11 is 0. The van der Waals surface area contributed by atoms with Crippen LogP contribution in [0.3, 0.4) is 0 Å². The van der Waals surface area contributed by atoms with Gasteiger partial charge in [0.05, 0.1) is 5.57 Å². The Labute approximate surface area is 154 Å². The number of phenolic OH excluding ortho intramolecular Hbond substituents is 1. The van der Waals surface area contributed by atoms with E-state index in [0.717, 1.165) is 30.6 Å². The number of aromatic hydroxyl groups is 1. The lowest BCUT2D eigenvalue weighted by molar-refractivity contribution is -0.132. The van der Waals surface area contributed by atoms with Crippen LogP contribution >= 0.6 is 0 Å². The highest BCUT2D eigenvalue weighted by molar-refractivity contribution is 5.92. The Morgan fingerprint density at radius 1 is 1.19 bits per heavy atom. The zero-order valence-electron chi connectivity index (χ0n) is 15.0. The first-order chi connectivity index (χ1) is 12.5. The van der Waals surface area contributed by atoms with Crippen LogP contribution in [0.4, 0.5) is 0 Å². The molecule has 136 valence electrons. The van der Waals surface area contributed by atoms with Crippen LogP contribution in [-0.2, 0) is 4.79 Å². The van der Waals surface area contributed by atoms with Crippen molar-refractivity contribution in [1.82, 2.24) is 4.90 Å². The van der Waals surface area contributed by atoms with E-state index in [9.17, 15) is 15.0 Å². The maximum absolute atomic E-state index is 11.7. The number of rotatable bonds is 5. The summed E-state index contributed by atoms with van der Waals surface area (Å²) in [5, 5.41) is 19.3. The molecule has 1 saturated heterocycles. The Balaban J connectivity index is 1.68. The summed E-state index contributed by atoms with van der Waals surface area (Å²) in [7, 11) is 0. The zero-order valence-corrected chi connectivity index (χ0v) is 15.0. The summed E-state index contributed by atoms with van der Waals surface area (Å²) in [5.74, 6) is 0.231. The van der Waals surface area contributed by atoms with Gasteiger partial charge in [-0.25, -0.2) is 4.79 Å². The predicted molar refractivity (Wildman–Crippen MR) is 103 cm³/mol. The predicted octanol–water partition coefficient (Wildman–Crippen LogP) is 3.99. The number of carbonyl (C=O) groups is 1. The molecule has 2 N–H and O–H groups in total. The van der Waals surface area contributed by atoms with E-state index in [1.807, 2.05) is 42.5 Å². The second-order valence-corrected chi connectivity index (χ2v) is 7.09. The lowest BCUT2D eigenvalue weighted by Gasteiger charge is -2.37. The molecule has 0 aliphatic carbocycles. The third kappa shape index (κ3) is 4.52. The molecule has 0 radical (unpaired) electrons. The average molecular weight is 351 g/mol. The molecule has 1 heterocycles. The molecule has 0 bridgehead atoms. The Morgan fingerprint density at radius 3 is 2.62 bits per heavy atom. The fourth-order valence-corrected chi connectivity index (χ4v) is 3.79. The van der Waals surface area contributed by atoms with Gasteiger partial charge in [0.2, 0.25) is 0 Å². The first-order valence-corrected chi connectivity index (χ1v) is 9.03. The van der Waals surface area contributed by atoms with Gasteiger partial charge in [0.25, 0.3) is 0 Å². The SMILES string of the molecule is CC1CN(C/C(=C\c2ccccc2)C(=O)O)CCC1c1cccc(O)c1. The van der Waals surface area contributed by atoms with Crippen LogP contribution in [0.25, 0.3) is 6.08 Å². The number of carboxylic acid groups (broad SMARTS) is 1. The minimum atomic E-state index is -0.864. The summed E-state index contributed by atoms with van der Waals surface area (Å²) in [6.07, 6.45) is 2.72. The standard InChI is InChI=1S/C22H25NO3/c1-16-14-23(11-10-21(16)18-8-5-9-20(24)13-18)15-19(22(25)26)12-17-6-3-2-4-7-17/h2-9,12-13,16,21,24H,10-11,14-15H2,1H3,(H,25,26)/b19-12+. The molecule has 0 amide bonds. The summed E-state index contributed by atoms with van der Waals surface area (Å²) in [5.41, 5.74) is 2.49. The smallest absolute Gasteiger partial charge is 0.332 e. The second kappa shape index (κ2) is 8.19. The number of phenols is 1. The molecular formula is C22H25NO3. The highest BCUT2D eigenvalue weighted by atomic mass is 16.4. The number of carboxylic acids is 1. The Kier molecular flexibility index (Phi) is 5.74. The van der Waals surface area contributed by atoms with Crippen LogP contribution < -0.4 is 0 Å². The van der Waals surface area contributed by atoms with Gasteiger partial charge in [0, 0.05) is 13.1 Å². The van der Waals surface area contributed by atoms with Crippen LogP contribution in [0.5, 0.6) is 5.75 Å². The van der Waals surface area contributed by atoms with Gasteiger partial charge >= 0.3 is 5.97 Å². The number of nitrogens with zero attached hydrogens (tertiary/aromatic N) is 1. The molecule has 1 aliphatic rings. The van der Waals surface area contributed by atoms with E-state index in [4.69, 9.17) is 0 Å². The molecule has 4 heteroatoms. The highest BCUT2D eigenvalue weighted by Gasteiger charge is 2.28. The van der Waals surface area contributed by atoms with Crippen molar-refractivity contribution in [1.29, 1.82) is 0 Å². The van der Waals surface area contributed by atoms with Gasteiger partial charge < -0.3 is 10.2 Å². The summed E-state index contributed by atoms with van der Waals surface area (Å²) in [4.78, 5) is 13.9. The highest BCUT2D eigenvalue weighted by Crippen LogP contribution is 2.34. The lowest BCUT2D eigenvalue weighted by Crippen LogP contribution is -2.40. The summed E-state index contributed by atoms with van der Waals surface area (Å²) < 4.78 is 0. The first-order valence-electron chi connectivity index (χ1n) is 9.03. The second-order valence-electron chi connectivity index (χ2n) is 7.09. The van der Waals surface area contributed by atoms with Crippen LogP contribution in [0.15, 0.2) is 60.2 Å². The van der Waals surface area contributed by atoms with Crippen LogP contribution in [0, 0.1) is 5.92 Å².